The largest absolute Gasteiger partial charge is 0.345 e. The first-order valence-corrected chi connectivity index (χ1v) is 5.50. The Morgan fingerprint density at radius 3 is 2.44 bits per heavy atom. The van der Waals surface area contributed by atoms with Gasteiger partial charge in [-0.2, -0.15) is 0 Å². The van der Waals surface area contributed by atoms with Gasteiger partial charge in [0.05, 0.1) is 11.3 Å². The fourth-order valence-corrected chi connectivity index (χ4v) is 1.60. The molecule has 1 rings (SSSR count). The Hall–Kier alpha value is -1.36. The highest BCUT2D eigenvalue weighted by Crippen LogP contribution is 2.22. The minimum atomic E-state index is -0.203. The van der Waals surface area contributed by atoms with Gasteiger partial charge in [-0.1, -0.05) is 15.9 Å². The summed E-state index contributed by atoms with van der Waals surface area (Å²) in [5, 5.41) is 2.63. The number of nitrogens with zero attached hydrogens (tertiary/aromatic N) is 1. The minimum absolute atomic E-state index is 0.142. The van der Waals surface area contributed by atoms with E-state index in [-0.39, 0.29) is 11.8 Å². The lowest BCUT2D eigenvalue weighted by Crippen LogP contribution is -2.23. The summed E-state index contributed by atoms with van der Waals surface area (Å²) in [7, 11) is 3.34. The molecule has 1 aromatic rings. The summed E-state index contributed by atoms with van der Waals surface area (Å²) in [6, 6.07) is 5.15. The van der Waals surface area contributed by atoms with E-state index in [1.807, 2.05) is 0 Å². The molecule has 0 atom stereocenters. The molecule has 0 bridgehead atoms. The molecular formula is C11H13BrN2O2. The normalized spacial score (nSPS) is 9.75. The Balaban J connectivity index is 3.17. The van der Waals surface area contributed by atoms with Crippen molar-refractivity contribution in [2.24, 2.45) is 0 Å². The molecule has 1 N–H and O–H groups in total. The second kappa shape index (κ2) is 5.12. The summed E-state index contributed by atoms with van der Waals surface area (Å²) in [5.41, 5.74) is 0.990. The standard InChI is InChI=1S/C11H13BrN2O2/c1-7(15)13-10-6-8(12)4-5-9(10)11(16)14(2)3/h4-6H,1-3H3,(H,13,15). The molecule has 0 spiro atoms. The number of rotatable bonds is 2. The van der Waals surface area contributed by atoms with E-state index in [2.05, 4.69) is 21.2 Å². The highest BCUT2D eigenvalue weighted by molar-refractivity contribution is 9.10. The van der Waals surface area contributed by atoms with Gasteiger partial charge in [-0.05, 0) is 18.2 Å². The molecule has 5 heteroatoms. The smallest absolute Gasteiger partial charge is 0.255 e. The molecule has 1 aromatic carbocycles. The predicted molar refractivity (Wildman–Crippen MR) is 66.5 cm³/mol. The molecule has 0 fully saturated rings. The highest BCUT2D eigenvalue weighted by atomic mass is 79.9. The second-order valence-electron chi connectivity index (χ2n) is 3.57. The maximum absolute atomic E-state index is 11.8. The van der Waals surface area contributed by atoms with Crippen LogP contribution >= 0.6 is 15.9 Å². The van der Waals surface area contributed by atoms with Crippen molar-refractivity contribution >= 4 is 33.4 Å². The van der Waals surface area contributed by atoms with Crippen molar-refractivity contribution in [3.05, 3.63) is 28.2 Å². The van der Waals surface area contributed by atoms with Crippen LogP contribution in [-0.4, -0.2) is 30.8 Å². The van der Waals surface area contributed by atoms with Gasteiger partial charge >= 0.3 is 0 Å². The molecule has 0 saturated heterocycles. The van der Waals surface area contributed by atoms with Gasteiger partial charge in [-0.15, -0.1) is 0 Å². The van der Waals surface area contributed by atoms with Crippen LogP contribution in [0.5, 0.6) is 0 Å². The third-order valence-corrected chi connectivity index (χ3v) is 2.42. The average molecular weight is 285 g/mol. The zero-order valence-corrected chi connectivity index (χ0v) is 11.0. The lowest BCUT2D eigenvalue weighted by molar-refractivity contribution is -0.114. The number of halogens is 1. The van der Waals surface area contributed by atoms with Crippen molar-refractivity contribution in [2.75, 3.05) is 19.4 Å². The summed E-state index contributed by atoms with van der Waals surface area (Å²) >= 11 is 3.30. The van der Waals surface area contributed by atoms with Crippen LogP contribution in [0.2, 0.25) is 0 Å². The van der Waals surface area contributed by atoms with E-state index in [0.717, 1.165) is 4.47 Å². The lowest BCUT2D eigenvalue weighted by atomic mass is 10.1. The third-order valence-electron chi connectivity index (χ3n) is 1.93. The number of carbonyl (C=O) groups is 2. The van der Waals surface area contributed by atoms with Crippen LogP contribution in [0.25, 0.3) is 0 Å². The summed E-state index contributed by atoms with van der Waals surface area (Å²) in [4.78, 5) is 24.3. The van der Waals surface area contributed by atoms with Crippen molar-refractivity contribution in [2.45, 2.75) is 6.92 Å². The highest BCUT2D eigenvalue weighted by Gasteiger charge is 2.14. The molecular weight excluding hydrogens is 272 g/mol. The zero-order chi connectivity index (χ0) is 12.3. The number of anilines is 1. The van der Waals surface area contributed by atoms with Crippen LogP contribution in [0.4, 0.5) is 5.69 Å². The van der Waals surface area contributed by atoms with E-state index in [0.29, 0.717) is 11.3 Å². The molecule has 0 radical (unpaired) electrons. The van der Waals surface area contributed by atoms with E-state index in [9.17, 15) is 9.59 Å². The van der Waals surface area contributed by atoms with Gasteiger partial charge in [-0.3, -0.25) is 9.59 Å². The molecule has 4 nitrogen and oxygen atoms in total. The molecule has 86 valence electrons. The van der Waals surface area contributed by atoms with E-state index < -0.39 is 0 Å². The Morgan fingerprint density at radius 2 is 1.94 bits per heavy atom. The quantitative estimate of drug-likeness (QED) is 0.904. The fraction of sp³-hybridized carbons (Fsp3) is 0.273. The van der Waals surface area contributed by atoms with Crippen molar-refractivity contribution in [1.82, 2.24) is 4.90 Å². The van der Waals surface area contributed by atoms with Gasteiger partial charge in [0.1, 0.15) is 0 Å². The van der Waals surface area contributed by atoms with Crippen LogP contribution in [0.15, 0.2) is 22.7 Å². The molecule has 2 amide bonds. The van der Waals surface area contributed by atoms with Crippen molar-refractivity contribution in [1.29, 1.82) is 0 Å². The van der Waals surface area contributed by atoms with E-state index in [4.69, 9.17) is 0 Å². The maximum Gasteiger partial charge on any atom is 0.255 e. The lowest BCUT2D eigenvalue weighted by Gasteiger charge is -2.14. The summed E-state index contributed by atoms with van der Waals surface area (Å²) in [6.07, 6.45) is 0. The monoisotopic (exact) mass is 284 g/mol. The number of benzene rings is 1. The second-order valence-corrected chi connectivity index (χ2v) is 4.49. The Labute approximate surface area is 103 Å². The van der Waals surface area contributed by atoms with E-state index >= 15 is 0 Å². The molecule has 0 aromatic heterocycles. The van der Waals surface area contributed by atoms with Crippen LogP contribution in [0.1, 0.15) is 17.3 Å². The molecule has 0 saturated carbocycles. The molecule has 0 heterocycles. The summed E-state index contributed by atoms with van der Waals surface area (Å²) in [6.45, 7) is 1.41. The van der Waals surface area contributed by atoms with Crippen LogP contribution in [-0.2, 0) is 4.79 Å². The van der Waals surface area contributed by atoms with Crippen molar-refractivity contribution in [3.8, 4) is 0 Å². The van der Waals surface area contributed by atoms with Gasteiger partial charge in [-0.25, -0.2) is 0 Å². The third kappa shape index (κ3) is 3.06. The first-order valence-electron chi connectivity index (χ1n) is 4.70. The van der Waals surface area contributed by atoms with Crippen LogP contribution < -0.4 is 5.32 Å². The molecule has 0 unspecified atom stereocenters. The van der Waals surface area contributed by atoms with E-state index in [1.54, 1.807) is 32.3 Å². The Bertz CT molecular complexity index is 430. The number of nitrogens with one attached hydrogen (secondary N) is 1. The van der Waals surface area contributed by atoms with Gasteiger partial charge in [0, 0.05) is 25.5 Å². The molecule has 0 aliphatic rings. The minimum Gasteiger partial charge on any atom is -0.345 e. The van der Waals surface area contributed by atoms with Crippen molar-refractivity contribution < 1.29 is 9.59 Å². The Kier molecular flexibility index (Phi) is 4.06. The Morgan fingerprint density at radius 1 is 1.31 bits per heavy atom. The number of amides is 2. The van der Waals surface area contributed by atoms with Gasteiger partial charge in [0.25, 0.3) is 5.91 Å². The first-order chi connectivity index (χ1) is 7.41. The first kappa shape index (κ1) is 12.7. The van der Waals surface area contributed by atoms with Gasteiger partial charge < -0.3 is 10.2 Å². The van der Waals surface area contributed by atoms with E-state index in [1.165, 1.54) is 11.8 Å². The predicted octanol–water partition coefficient (Wildman–Crippen LogP) is 2.11. The molecule has 0 aliphatic heterocycles. The van der Waals surface area contributed by atoms with Crippen LogP contribution in [0, 0.1) is 0 Å². The van der Waals surface area contributed by atoms with Gasteiger partial charge in [0.2, 0.25) is 5.91 Å². The number of hydrogen-bond acceptors (Lipinski definition) is 2. The van der Waals surface area contributed by atoms with Crippen molar-refractivity contribution in [3.63, 3.8) is 0 Å². The fourth-order valence-electron chi connectivity index (χ4n) is 1.24. The average Bonchev–Trinajstić information content (AvgIpc) is 2.15. The molecule has 16 heavy (non-hydrogen) atoms. The maximum atomic E-state index is 11.8. The summed E-state index contributed by atoms with van der Waals surface area (Å²) in [5.74, 6) is -0.345. The topological polar surface area (TPSA) is 49.4 Å². The number of hydrogen-bond donors (Lipinski definition) is 1. The zero-order valence-electron chi connectivity index (χ0n) is 9.37. The SMILES string of the molecule is CC(=O)Nc1cc(Br)ccc1C(=O)N(C)C. The van der Waals surface area contributed by atoms with Crippen LogP contribution in [0.3, 0.4) is 0 Å². The number of carbonyl (C=O) groups excluding carboxylic acids is 2. The molecule has 0 aliphatic carbocycles. The summed E-state index contributed by atoms with van der Waals surface area (Å²) < 4.78 is 0.812. The van der Waals surface area contributed by atoms with Gasteiger partial charge in [0.15, 0.2) is 0 Å².